The van der Waals surface area contributed by atoms with Crippen LogP contribution in [0.5, 0.6) is 17.2 Å². The summed E-state index contributed by atoms with van der Waals surface area (Å²) in [4.78, 5) is 0. The first-order chi connectivity index (χ1) is 10.1. The molecule has 4 nitrogen and oxygen atoms in total. The fourth-order valence-electron chi connectivity index (χ4n) is 2.11. The summed E-state index contributed by atoms with van der Waals surface area (Å²) in [5, 5.41) is 10.2. The van der Waals surface area contributed by atoms with E-state index in [9.17, 15) is 9.50 Å². The maximum Gasteiger partial charge on any atom is 0.231 e. The molecule has 1 N–H and O–H groups in total. The zero-order valence-electron chi connectivity index (χ0n) is 11.5. The third-order valence-corrected chi connectivity index (χ3v) is 3.33. The lowest BCUT2D eigenvalue weighted by molar-refractivity contribution is 0.107. The standard InChI is InChI=1S/C16H15FO4/c1-10-2-4-12(17)7-15(10)19-8-13(18)11-3-5-14-16(6-11)21-9-20-14/h2-7,13,18H,8-9H2,1H3. The Kier molecular flexibility index (Phi) is 3.66. The number of rotatable bonds is 4. The van der Waals surface area contributed by atoms with Gasteiger partial charge in [-0.1, -0.05) is 12.1 Å². The van der Waals surface area contributed by atoms with Crippen molar-refractivity contribution in [3.8, 4) is 17.2 Å². The quantitative estimate of drug-likeness (QED) is 0.940. The van der Waals surface area contributed by atoms with Crippen LogP contribution in [0.2, 0.25) is 0 Å². The third-order valence-electron chi connectivity index (χ3n) is 3.33. The van der Waals surface area contributed by atoms with E-state index in [1.807, 2.05) is 6.92 Å². The van der Waals surface area contributed by atoms with Gasteiger partial charge in [0, 0.05) is 6.07 Å². The molecule has 21 heavy (non-hydrogen) atoms. The normalized spacial score (nSPS) is 14.0. The second kappa shape index (κ2) is 5.61. The second-order valence-corrected chi connectivity index (χ2v) is 4.85. The summed E-state index contributed by atoms with van der Waals surface area (Å²) in [6.07, 6.45) is -0.831. The van der Waals surface area contributed by atoms with Crippen molar-refractivity contribution in [3.63, 3.8) is 0 Å². The molecule has 2 aromatic rings. The van der Waals surface area contributed by atoms with Gasteiger partial charge in [-0.15, -0.1) is 0 Å². The van der Waals surface area contributed by atoms with Crippen LogP contribution in [0.3, 0.4) is 0 Å². The van der Waals surface area contributed by atoms with Gasteiger partial charge in [0.1, 0.15) is 24.3 Å². The molecule has 5 heteroatoms. The van der Waals surface area contributed by atoms with Crippen molar-refractivity contribution in [1.82, 2.24) is 0 Å². The van der Waals surface area contributed by atoms with Crippen LogP contribution in [0.1, 0.15) is 17.2 Å². The number of ether oxygens (including phenoxy) is 3. The summed E-state index contributed by atoms with van der Waals surface area (Å²) in [5.41, 5.74) is 1.47. The lowest BCUT2D eigenvalue weighted by Gasteiger charge is -2.14. The van der Waals surface area contributed by atoms with E-state index in [0.717, 1.165) is 5.56 Å². The van der Waals surface area contributed by atoms with E-state index in [1.165, 1.54) is 12.1 Å². The van der Waals surface area contributed by atoms with Crippen LogP contribution < -0.4 is 14.2 Å². The molecule has 0 fully saturated rings. The zero-order valence-corrected chi connectivity index (χ0v) is 11.5. The number of aliphatic hydroxyl groups excluding tert-OH is 1. The van der Waals surface area contributed by atoms with Crippen molar-refractivity contribution in [3.05, 3.63) is 53.3 Å². The minimum atomic E-state index is -0.831. The van der Waals surface area contributed by atoms with Gasteiger partial charge in [-0.05, 0) is 36.2 Å². The fraction of sp³-hybridized carbons (Fsp3) is 0.250. The Labute approximate surface area is 121 Å². The van der Waals surface area contributed by atoms with Gasteiger partial charge in [-0.25, -0.2) is 4.39 Å². The van der Waals surface area contributed by atoms with E-state index < -0.39 is 6.10 Å². The van der Waals surface area contributed by atoms with Gasteiger partial charge >= 0.3 is 0 Å². The maximum absolute atomic E-state index is 13.2. The maximum atomic E-state index is 13.2. The number of aliphatic hydroxyl groups is 1. The molecule has 1 unspecified atom stereocenters. The highest BCUT2D eigenvalue weighted by atomic mass is 19.1. The van der Waals surface area contributed by atoms with Gasteiger partial charge in [0.2, 0.25) is 6.79 Å². The lowest BCUT2D eigenvalue weighted by Crippen LogP contribution is -2.10. The number of aryl methyl sites for hydroxylation is 1. The molecule has 0 aromatic heterocycles. The predicted octanol–water partition coefficient (Wildman–Crippen LogP) is 2.98. The first kappa shape index (κ1) is 13.7. The van der Waals surface area contributed by atoms with Crippen molar-refractivity contribution in [2.45, 2.75) is 13.0 Å². The van der Waals surface area contributed by atoms with E-state index in [-0.39, 0.29) is 19.2 Å². The van der Waals surface area contributed by atoms with Crippen molar-refractivity contribution < 1.29 is 23.7 Å². The van der Waals surface area contributed by atoms with Gasteiger partial charge in [0.25, 0.3) is 0 Å². The number of halogens is 1. The van der Waals surface area contributed by atoms with Gasteiger partial charge in [0.15, 0.2) is 11.5 Å². The average molecular weight is 290 g/mol. The van der Waals surface area contributed by atoms with Crippen molar-refractivity contribution in [2.24, 2.45) is 0 Å². The molecule has 0 saturated heterocycles. The summed E-state index contributed by atoms with van der Waals surface area (Å²) in [6, 6.07) is 9.53. The molecule has 0 radical (unpaired) electrons. The van der Waals surface area contributed by atoms with Gasteiger partial charge in [0.05, 0.1) is 0 Å². The Morgan fingerprint density at radius 3 is 2.86 bits per heavy atom. The van der Waals surface area contributed by atoms with Crippen LogP contribution >= 0.6 is 0 Å². The molecule has 110 valence electrons. The molecule has 3 rings (SSSR count). The van der Waals surface area contributed by atoms with Crippen molar-refractivity contribution in [1.29, 1.82) is 0 Å². The Morgan fingerprint density at radius 2 is 2.00 bits per heavy atom. The topological polar surface area (TPSA) is 47.9 Å². The van der Waals surface area contributed by atoms with Crippen LogP contribution in [0.25, 0.3) is 0 Å². The third kappa shape index (κ3) is 2.92. The van der Waals surface area contributed by atoms with E-state index in [1.54, 1.807) is 24.3 Å². The molecule has 1 aliphatic rings. The second-order valence-electron chi connectivity index (χ2n) is 4.85. The molecule has 0 aliphatic carbocycles. The molecule has 1 atom stereocenters. The smallest absolute Gasteiger partial charge is 0.231 e. The molecule has 0 spiro atoms. The minimum Gasteiger partial charge on any atom is -0.490 e. The predicted molar refractivity (Wildman–Crippen MR) is 74.2 cm³/mol. The monoisotopic (exact) mass is 290 g/mol. The Hall–Kier alpha value is -2.27. The molecule has 0 bridgehead atoms. The highest BCUT2D eigenvalue weighted by molar-refractivity contribution is 5.45. The first-order valence-corrected chi connectivity index (χ1v) is 6.60. The van der Waals surface area contributed by atoms with Crippen LogP contribution in [0.4, 0.5) is 4.39 Å². The summed E-state index contributed by atoms with van der Waals surface area (Å²) in [7, 11) is 0. The van der Waals surface area contributed by atoms with Crippen LogP contribution in [-0.4, -0.2) is 18.5 Å². The highest BCUT2D eigenvalue weighted by Gasteiger charge is 2.17. The molecular formula is C16H15FO4. The van der Waals surface area contributed by atoms with E-state index >= 15 is 0 Å². The summed E-state index contributed by atoms with van der Waals surface area (Å²) < 4.78 is 29.1. The van der Waals surface area contributed by atoms with E-state index in [0.29, 0.717) is 22.8 Å². The average Bonchev–Trinajstić information content (AvgIpc) is 2.95. The number of hydrogen-bond donors (Lipinski definition) is 1. The molecular weight excluding hydrogens is 275 g/mol. The van der Waals surface area contributed by atoms with Gasteiger partial charge in [-0.3, -0.25) is 0 Å². The van der Waals surface area contributed by atoms with Crippen LogP contribution in [-0.2, 0) is 0 Å². The van der Waals surface area contributed by atoms with E-state index in [4.69, 9.17) is 14.2 Å². The minimum absolute atomic E-state index is 0.0317. The van der Waals surface area contributed by atoms with Crippen LogP contribution in [0, 0.1) is 12.7 Å². The summed E-state index contributed by atoms with van der Waals surface area (Å²) in [5.74, 6) is 1.32. The molecule has 1 heterocycles. The Bertz CT molecular complexity index is 657. The fourth-order valence-corrected chi connectivity index (χ4v) is 2.11. The van der Waals surface area contributed by atoms with Crippen molar-refractivity contribution >= 4 is 0 Å². The first-order valence-electron chi connectivity index (χ1n) is 6.60. The highest BCUT2D eigenvalue weighted by Crippen LogP contribution is 2.34. The number of hydrogen-bond acceptors (Lipinski definition) is 4. The van der Waals surface area contributed by atoms with E-state index in [2.05, 4.69) is 0 Å². The molecule has 0 amide bonds. The summed E-state index contributed by atoms with van der Waals surface area (Å²) >= 11 is 0. The lowest BCUT2D eigenvalue weighted by atomic mass is 10.1. The number of benzene rings is 2. The molecule has 0 saturated carbocycles. The number of fused-ring (bicyclic) bond motifs is 1. The summed E-state index contributed by atoms with van der Waals surface area (Å²) in [6.45, 7) is 2.04. The molecule has 1 aliphatic heterocycles. The van der Waals surface area contributed by atoms with Gasteiger partial charge in [-0.2, -0.15) is 0 Å². The Balaban J connectivity index is 1.69. The van der Waals surface area contributed by atoms with Crippen LogP contribution in [0.15, 0.2) is 36.4 Å². The zero-order chi connectivity index (χ0) is 14.8. The largest absolute Gasteiger partial charge is 0.490 e. The van der Waals surface area contributed by atoms with Gasteiger partial charge < -0.3 is 19.3 Å². The Morgan fingerprint density at radius 1 is 1.19 bits per heavy atom. The molecule has 2 aromatic carbocycles. The SMILES string of the molecule is Cc1ccc(F)cc1OCC(O)c1ccc2c(c1)OCO2. The van der Waals surface area contributed by atoms with Crippen molar-refractivity contribution in [2.75, 3.05) is 13.4 Å².